The van der Waals surface area contributed by atoms with Gasteiger partial charge in [0, 0.05) is 29.0 Å². The van der Waals surface area contributed by atoms with Crippen molar-refractivity contribution in [3.63, 3.8) is 0 Å². The molecule has 1 unspecified atom stereocenters. The third kappa shape index (κ3) is 5.78. The van der Waals surface area contributed by atoms with Crippen molar-refractivity contribution in [2.45, 2.75) is 13.0 Å². The summed E-state index contributed by atoms with van der Waals surface area (Å²) in [6.45, 7) is 6.13. The number of hydrogen-bond acceptors (Lipinski definition) is 5. The number of morpholine rings is 1. The normalized spacial score (nSPS) is 16.9. The molecule has 0 saturated carbocycles. The van der Waals surface area contributed by atoms with Crippen LogP contribution >= 0.6 is 28.3 Å². The molecule has 0 aromatic carbocycles. The van der Waals surface area contributed by atoms with Crippen LogP contribution in [0.15, 0.2) is 41.5 Å². The Morgan fingerprint density at radius 3 is 2.80 bits per heavy atom. The minimum atomic E-state index is 0. The minimum absolute atomic E-state index is 0. The predicted octanol–water partition coefficient (Wildman–Crippen LogP) is 2.83. The second-order valence-electron chi connectivity index (χ2n) is 5.68. The Morgan fingerprint density at radius 1 is 1.36 bits per heavy atom. The van der Waals surface area contributed by atoms with E-state index in [0.717, 1.165) is 26.3 Å². The summed E-state index contributed by atoms with van der Waals surface area (Å²) in [6.07, 6.45) is 1.72. The summed E-state index contributed by atoms with van der Waals surface area (Å²) in [6, 6.07) is 10.2. The number of aryl methyl sites for hydroxylation is 1. The summed E-state index contributed by atoms with van der Waals surface area (Å²) >= 11 is 1.82. The lowest BCUT2D eigenvalue weighted by Crippen LogP contribution is -2.40. The van der Waals surface area contributed by atoms with E-state index in [1.807, 2.05) is 29.5 Å². The van der Waals surface area contributed by atoms with E-state index < -0.39 is 0 Å². The van der Waals surface area contributed by atoms with Gasteiger partial charge in [0.15, 0.2) is 5.96 Å². The molecule has 25 heavy (non-hydrogen) atoms. The average molecular weight is 426 g/mol. The number of ether oxygens (including phenoxy) is 1. The van der Waals surface area contributed by atoms with E-state index in [0.29, 0.717) is 18.3 Å². The van der Waals surface area contributed by atoms with Gasteiger partial charge in [0.25, 0.3) is 0 Å². The van der Waals surface area contributed by atoms with Crippen molar-refractivity contribution in [3.8, 4) is 0 Å². The molecule has 1 saturated heterocycles. The number of aromatic nitrogens is 1. The van der Waals surface area contributed by atoms with Gasteiger partial charge in [0.05, 0.1) is 25.8 Å². The maximum atomic E-state index is 6.03. The highest BCUT2D eigenvalue weighted by molar-refractivity contribution is 8.93. The summed E-state index contributed by atoms with van der Waals surface area (Å²) in [5.74, 6) is 1.09. The molecule has 1 fully saturated rings. The van der Waals surface area contributed by atoms with Gasteiger partial charge in [-0.15, -0.1) is 28.3 Å². The molecule has 1 aliphatic rings. The lowest BCUT2D eigenvalue weighted by molar-refractivity contribution is 0.0187. The van der Waals surface area contributed by atoms with Gasteiger partial charge in [0.2, 0.25) is 0 Å². The number of nitrogens with one attached hydrogen (secondary N) is 1. The summed E-state index contributed by atoms with van der Waals surface area (Å²) < 4.78 is 5.48. The summed E-state index contributed by atoms with van der Waals surface area (Å²) in [5, 5.41) is 3.03. The first-order chi connectivity index (χ1) is 11.7. The number of nitrogens with zero attached hydrogens (tertiary/aromatic N) is 3. The van der Waals surface area contributed by atoms with Gasteiger partial charge in [-0.1, -0.05) is 6.07 Å². The van der Waals surface area contributed by atoms with Crippen LogP contribution in [0.1, 0.15) is 15.8 Å². The first-order valence-electron chi connectivity index (χ1n) is 8.08. The Hall–Kier alpha value is -1.48. The van der Waals surface area contributed by atoms with Crippen molar-refractivity contribution < 1.29 is 4.74 Å². The molecule has 8 heteroatoms. The van der Waals surface area contributed by atoms with Crippen LogP contribution in [-0.4, -0.2) is 48.7 Å². The quantitative estimate of drug-likeness (QED) is 0.568. The highest BCUT2D eigenvalue weighted by Crippen LogP contribution is 2.28. The molecule has 0 aliphatic carbocycles. The van der Waals surface area contributed by atoms with Crippen LogP contribution in [-0.2, 0) is 4.74 Å². The predicted molar refractivity (Wildman–Crippen MR) is 109 cm³/mol. The molecule has 1 aliphatic heterocycles. The first-order valence-corrected chi connectivity index (χ1v) is 8.90. The van der Waals surface area contributed by atoms with Crippen molar-refractivity contribution in [1.29, 1.82) is 0 Å². The molecule has 3 heterocycles. The van der Waals surface area contributed by atoms with Crippen molar-refractivity contribution in [2.75, 3.05) is 38.2 Å². The number of guanidine groups is 1. The molecular weight excluding hydrogens is 402 g/mol. The Labute approximate surface area is 162 Å². The molecule has 136 valence electrons. The lowest BCUT2D eigenvalue weighted by Gasteiger charge is -2.33. The Balaban J connectivity index is 0.00000225. The molecular formula is C17H24BrN5OS. The van der Waals surface area contributed by atoms with Crippen molar-refractivity contribution in [2.24, 2.45) is 10.7 Å². The van der Waals surface area contributed by atoms with E-state index in [9.17, 15) is 0 Å². The monoisotopic (exact) mass is 425 g/mol. The summed E-state index contributed by atoms with van der Waals surface area (Å²) in [4.78, 5) is 13.8. The molecule has 2 aromatic heterocycles. The van der Waals surface area contributed by atoms with E-state index in [2.05, 4.69) is 39.2 Å². The summed E-state index contributed by atoms with van der Waals surface area (Å²) in [7, 11) is 0. The van der Waals surface area contributed by atoms with Gasteiger partial charge >= 0.3 is 0 Å². The van der Waals surface area contributed by atoms with Crippen LogP contribution in [0.5, 0.6) is 0 Å². The van der Waals surface area contributed by atoms with Gasteiger partial charge in [-0.3, -0.25) is 9.89 Å². The molecule has 1 atom stereocenters. The van der Waals surface area contributed by atoms with Crippen molar-refractivity contribution >= 4 is 40.1 Å². The maximum Gasteiger partial charge on any atom is 0.194 e. The molecule has 0 bridgehead atoms. The van der Waals surface area contributed by atoms with Crippen LogP contribution in [0.25, 0.3) is 0 Å². The number of hydrogen-bond donors (Lipinski definition) is 2. The van der Waals surface area contributed by atoms with E-state index in [1.165, 1.54) is 9.75 Å². The number of pyridine rings is 1. The number of anilines is 1. The van der Waals surface area contributed by atoms with Gasteiger partial charge in [-0.05, 0) is 31.2 Å². The second kappa shape index (κ2) is 9.86. The van der Waals surface area contributed by atoms with Crippen LogP contribution < -0.4 is 11.1 Å². The lowest BCUT2D eigenvalue weighted by atomic mass is 10.2. The molecule has 6 nitrogen and oxygen atoms in total. The van der Waals surface area contributed by atoms with E-state index in [-0.39, 0.29) is 23.0 Å². The van der Waals surface area contributed by atoms with Gasteiger partial charge in [-0.25, -0.2) is 4.98 Å². The number of halogens is 1. The van der Waals surface area contributed by atoms with Crippen LogP contribution in [0.2, 0.25) is 0 Å². The smallest absolute Gasteiger partial charge is 0.194 e. The fourth-order valence-electron chi connectivity index (χ4n) is 2.70. The third-order valence-electron chi connectivity index (χ3n) is 3.93. The standard InChI is InChI=1S/C17H23N5OS.BrH/c1-13-5-6-15(24-13)14(22-8-10-23-11-9-22)12-20-17(18)21-16-4-2-3-7-19-16;/h2-7,14H,8-12H2,1H3,(H3,18,19,20,21);1H. The number of rotatable bonds is 5. The molecule has 0 radical (unpaired) electrons. The van der Waals surface area contributed by atoms with Gasteiger partial charge in [-0.2, -0.15) is 0 Å². The largest absolute Gasteiger partial charge is 0.379 e. The molecule has 0 spiro atoms. The fraction of sp³-hybridized carbons (Fsp3) is 0.412. The van der Waals surface area contributed by atoms with Crippen molar-refractivity contribution in [3.05, 3.63) is 46.3 Å². The fourth-order valence-corrected chi connectivity index (χ4v) is 3.70. The minimum Gasteiger partial charge on any atom is -0.379 e. The second-order valence-corrected chi connectivity index (χ2v) is 7.00. The highest BCUT2D eigenvalue weighted by Gasteiger charge is 2.23. The third-order valence-corrected chi connectivity index (χ3v) is 5.03. The van der Waals surface area contributed by atoms with Crippen LogP contribution in [0.3, 0.4) is 0 Å². The highest BCUT2D eigenvalue weighted by atomic mass is 79.9. The molecule has 3 N–H and O–H groups in total. The summed E-state index contributed by atoms with van der Waals surface area (Å²) in [5.41, 5.74) is 6.03. The molecule has 3 rings (SSSR count). The number of nitrogens with two attached hydrogens (primary N) is 1. The van der Waals surface area contributed by atoms with Gasteiger partial charge < -0.3 is 15.8 Å². The maximum absolute atomic E-state index is 6.03. The number of thiophene rings is 1. The molecule has 2 aromatic rings. The van der Waals surface area contributed by atoms with Crippen LogP contribution in [0.4, 0.5) is 5.82 Å². The average Bonchev–Trinajstić information content (AvgIpc) is 3.03. The van der Waals surface area contributed by atoms with Gasteiger partial charge in [0.1, 0.15) is 5.82 Å². The Morgan fingerprint density at radius 2 is 2.16 bits per heavy atom. The van der Waals surface area contributed by atoms with E-state index >= 15 is 0 Å². The molecule has 0 amide bonds. The van der Waals surface area contributed by atoms with E-state index in [1.54, 1.807) is 6.20 Å². The van der Waals surface area contributed by atoms with Crippen molar-refractivity contribution in [1.82, 2.24) is 9.88 Å². The SMILES string of the molecule is Br.Cc1ccc(C(CN=C(N)Nc2ccccn2)N2CCOCC2)s1. The number of aliphatic imine (C=N–C) groups is 1. The zero-order chi connectivity index (χ0) is 16.8. The zero-order valence-corrected chi connectivity index (χ0v) is 16.8. The van der Waals surface area contributed by atoms with Crippen LogP contribution in [0, 0.1) is 6.92 Å². The zero-order valence-electron chi connectivity index (χ0n) is 14.2. The van der Waals surface area contributed by atoms with E-state index in [4.69, 9.17) is 10.5 Å². The first kappa shape index (κ1) is 19.8. The Bertz CT molecular complexity index is 673. The Kier molecular flexibility index (Phi) is 7.83. The topological polar surface area (TPSA) is 75.8 Å².